The summed E-state index contributed by atoms with van der Waals surface area (Å²) in [4.78, 5) is 38.3. The van der Waals surface area contributed by atoms with E-state index in [0.717, 1.165) is 0 Å². The number of piperidine rings is 1. The summed E-state index contributed by atoms with van der Waals surface area (Å²) >= 11 is 12.1. The maximum Gasteiger partial charge on any atom is 0.513 e. The molecule has 3 rings (SSSR count). The molecule has 31 heavy (non-hydrogen) atoms. The third kappa shape index (κ3) is 6.12. The van der Waals surface area contributed by atoms with E-state index in [-0.39, 0.29) is 24.5 Å². The van der Waals surface area contributed by atoms with Gasteiger partial charge in [0.2, 0.25) is 0 Å². The maximum atomic E-state index is 12.7. The molecular formula is C22H22Cl2N2O5. The highest BCUT2D eigenvalue weighted by Crippen LogP contribution is 2.24. The Bertz CT molecular complexity index is 957. The van der Waals surface area contributed by atoms with Gasteiger partial charge in [-0.2, -0.15) is 0 Å². The van der Waals surface area contributed by atoms with Gasteiger partial charge >= 0.3 is 6.16 Å². The lowest BCUT2D eigenvalue weighted by atomic mass is 10.0. The number of halogens is 2. The number of carbonyl (C=O) groups is 3. The highest BCUT2D eigenvalue weighted by atomic mass is 35.5. The van der Waals surface area contributed by atoms with Crippen LogP contribution in [0.4, 0.5) is 4.79 Å². The Hall–Kier alpha value is -2.77. The molecule has 9 heteroatoms. The Morgan fingerprint density at radius 1 is 1.06 bits per heavy atom. The lowest BCUT2D eigenvalue weighted by molar-refractivity contribution is 0.0698. The molecule has 1 fully saturated rings. The van der Waals surface area contributed by atoms with Crippen molar-refractivity contribution in [1.82, 2.24) is 10.2 Å². The van der Waals surface area contributed by atoms with Crippen molar-refractivity contribution in [2.75, 3.05) is 19.7 Å². The molecule has 0 atom stereocenters. The van der Waals surface area contributed by atoms with Crippen molar-refractivity contribution in [3.63, 3.8) is 0 Å². The highest BCUT2D eigenvalue weighted by Gasteiger charge is 2.26. The monoisotopic (exact) mass is 464 g/mol. The van der Waals surface area contributed by atoms with Gasteiger partial charge < -0.3 is 19.7 Å². The standard InChI is InChI=1S/C22H22Cl2N2O5/c1-2-30-22(29)31-17-6-3-14(4-7-17)20(27)25-16-9-11-26(12-10-16)21(28)18-13-15(23)5-8-19(18)24/h3-8,13,16H,2,9-12H2,1H3,(H,25,27). The number of amides is 2. The Kier molecular flexibility index (Phi) is 7.76. The second-order valence-electron chi connectivity index (χ2n) is 6.97. The molecule has 164 valence electrons. The van der Waals surface area contributed by atoms with Crippen LogP contribution < -0.4 is 10.1 Å². The van der Waals surface area contributed by atoms with Crippen molar-refractivity contribution in [3.8, 4) is 5.75 Å². The minimum Gasteiger partial charge on any atom is -0.434 e. The fourth-order valence-corrected chi connectivity index (χ4v) is 3.62. The Morgan fingerprint density at radius 3 is 2.39 bits per heavy atom. The SMILES string of the molecule is CCOC(=O)Oc1ccc(C(=O)NC2CCN(C(=O)c3cc(Cl)ccc3Cl)CC2)cc1. The van der Waals surface area contributed by atoms with Crippen molar-refractivity contribution < 1.29 is 23.9 Å². The summed E-state index contributed by atoms with van der Waals surface area (Å²) in [5, 5.41) is 3.79. The lowest BCUT2D eigenvalue weighted by Gasteiger charge is -2.32. The molecular weight excluding hydrogens is 443 g/mol. The van der Waals surface area contributed by atoms with E-state index in [1.165, 1.54) is 12.1 Å². The second kappa shape index (κ2) is 10.5. The summed E-state index contributed by atoms with van der Waals surface area (Å²) in [5.74, 6) is -0.110. The first-order chi connectivity index (χ1) is 14.9. The van der Waals surface area contributed by atoms with E-state index in [1.54, 1.807) is 42.2 Å². The number of nitrogens with one attached hydrogen (secondary N) is 1. The van der Waals surface area contributed by atoms with Crippen LogP contribution in [0.1, 0.15) is 40.5 Å². The van der Waals surface area contributed by atoms with Crippen LogP contribution in [0.5, 0.6) is 5.75 Å². The number of carbonyl (C=O) groups excluding carboxylic acids is 3. The van der Waals surface area contributed by atoms with Crippen LogP contribution in [0.3, 0.4) is 0 Å². The first-order valence-corrected chi connectivity index (χ1v) is 10.6. The van der Waals surface area contributed by atoms with Crippen LogP contribution in [-0.2, 0) is 4.74 Å². The normalized spacial score (nSPS) is 14.1. The van der Waals surface area contributed by atoms with E-state index in [4.69, 9.17) is 32.7 Å². The molecule has 1 aliphatic rings. The van der Waals surface area contributed by atoms with E-state index in [1.807, 2.05) is 0 Å². The number of rotatable bonds is 5. The van der Waals surface area contributed by atoms with Crippen LogP contribution in [-0.4, -0.2) is 48.6 Å². The van der Waals surface area contributed by atoms with Gasteiger partial charge in [-0.1, -0.05) is 23.2 Å². The predicted molar refractivity (Wildman–Crippen MR) is 117 cm³/mol. The number of benzene rings is 2. The predicted octanol–water partition coefficient (Wildman–Crippen LogP) is 4.56. The molecule has 0 aromatic heterocycles. The molecule has 0 radical (unpaired) electrons. The van der Waals surface area contributed by atoms with Crippen LogP contribution in [0.25, 0.3) is 0 Å². The number of ether oxygens (including phenoxy) is 2. The van der Waals surface area contributed by atoms with Crippen LogP contribution in [0.15, 0.2) is 42.5 Å². The van der Waals surface area contributed by atoms with Gasteiger partial charge in [0.15, 0.2) is 0 Å². The first-order valence-electron chi connectivity index (χ1n) is 9.87. The number of nitrogens with zero attached hydrogens (tertiary/aromatic N) is 1. The summed E-state index contributed by atoms with van der Waals surface area (Å²) in [7, 11) is 0. The third-order valence-electron chi connectivity index (χ3n) is 4.86. The molecule has 2 aromatic carbocycles. The molecule has 0 saturated carbocycles. The summed E-state index contributed by atoms with van der Waals surface area (Å²) in [6, 6.07) is 11.0. The fourth-order valence-electron chi connectivity index (χ4n) is 3.25. The number of hydrogen-bond acceptors (Lipinski definition) is 5. The van der Waals surface area contributed by atoms with E-state index >= 15 is 0 Å². The molecule has 7 nitrogen and oxygen atoms in total. The summed E-state index contributed by atoms with van der Waals surface area (Å²) in [6.45, 7) is 2.90. The Morgan fingerprint density at radius 2 is 1.74 bits per heavy atom. The summed E-state index contributed by atoms with van der Waals surface area (Å²) in [5.41, 5.74) is 0.821. The smallest absolute Gasteiger partial charge is 0.434 e. The summed E-state index contributed by atoms with van der Waals surface area (Å²) in [6.07, 6.45) is 0.458. The molecule has 1 heterocycles. The second-order valence-corrected chi connectivity index (χ2v) is 7.82. The lowest BCUT2D eigenvalue weighted by Crippen LogP contribution is -2.46. The van der Waals surface area contributed by atoms with Gasteiger partial charge in [0.1, 0.15) is 5.75 Å². The van der Waals surface area contributed by atoms with Gasteiger partial charge in [-0.25, -0.2) is 4.79 Å². The van der Waals surface area contributed by atoms with Crippen molar-refractivity contribution in [2.45, 2.75) is 25.8 Å². The highest BCUT2D eigenvalue weighted by molar-refractivity contribution is 6.35. The molecule has 1 saturated heterocycles. The molecule has 0 spiro atoms. The van der Waals surface area contributed by atoms with Gasteiger partial charge in [-0.05, 0) is 62.2 Å². The maximum absolute atomic E-state index is 12.7. The van der Waals surface area contributed by atoms with Gasteiger partial charge in [0.05, 0.1) is 17.2 Å². The van der Waals surface area contributed by atoms with Gasteiger partial charge in [0.25, 0.3) is 11.8 Å². The molecule has 1 N–H and O–H groups in total. The molecule has 1 aliphatic heterocycles. The van der Waals surface area contributed by atoms with Gasteiger partial charge in [0, 0.05) is 29.7 Å². The molecule has 0 bridgehead atoms. The van der Waals surface area contributed by atoms with Crippen LogP contribution in [0.2, 0.25) is 10.0 Å². The Labute approximate surface area is 190 Å². The minimum absolute atomic E-state index is 0.0539. The van der Waals surface area contributed by atoms with E-state index < -0.39 is 6.16 Å². The van der Waals surface area contributed by atoms with Crippen molar-refractivity contribution in [3.05, 3.63) is 63.6 Å². The van der Waals surface area contributed by atoms with E-state index in [2.05, 4.69) is 5.32 Å². The van der Waals surface area contributed by atoms with Crippen LogP contribution >= 0.6 is 23.2 Å². The zero-order chi connectivity index (χ0) is 22.4. The van der Waals surface area contributed by atoms with Gasteiger partial charge in [-0.15, -0.1) is 0 Å². The molecule has 0 aliphatic carbocycles. The average Bonchev–Trinajstić information content (AvgIpc) is 2.76. The molecule has 2 aromatic rings. The molecule has 2 amide bonds. The Balaban J connectivity index is 1.51. The fraction of sp³-hybridized carbons (Fsp3) is 0.318. The largest absolute Gasteiger partial charge is 0.513 e. The topological polar surface area (TPSA) is 84.9 Å². The zero-order valence-corrected chi connectivity index (χ0v) is 18.4. The number of hydrogen-bond donors (Lipinski definition) is 1. The first kappa shape index (κ1) is 22.9. The third-order valence-corrected chi connectivity index (χ3v) is 5.42. The molecule has 0 unspecified atom stereocenters. The zero-order valence-electron chi connectivity index (χ0n) is 16.9. The van der Waals surface area contributed by atoms with Crippen molar-refractivity contribution in [2.24, 2.45) is 0 Å². The minimum atomic E-state index is -0.792. The van der Waals surface area contributed by atoms with E-state index in [0.29, 0.717) is 52.9 Å². The summed E-state index contributed by atoms with van der Waals surface area (Å²) < 4.78 is 9.69. The number of likely N-dealkylation sites (tertiary alicyclic amines) is 1. The van der Waals surface area contributed by atoms with Crippen molar-refractivity contribution >= 4 is 41.2 Å². The van der Waals surface area contributed by atoms with E-state index in [9.17, 15) is 14.4 Å². The van der Waals surface area contributed by atoms with Crippen LogP contribution in [0, 0.1) is 0 Å². The average molecular weight is 465 g/mol. The van der Waals surface area contributed by atoms with Gasteiger partial charge in [-0.3, -0.25) is 9.59 Å². The van der Waals surface area contributed by atoms with Crippen molar-refractivity contribution in [1.29, 1.82) is 0 Å². The quantitative estimate of drug-likeness (QED) is 0.517.